The van der Waals surface area contributed by atoms with Crippen molar-refractivity contribution in [3.63, 3.8) is 0 Å². The third-order valence-corrected chi connectivity index (χ3v) is 3.40. The van der Waals surface area contributed by atoms with Crippen molar-refractivity contribution in [1.29, 1.82) is 0 Å². The molecule has 20 heavy (non-hydrogen) atoms. The molecule has 0 saturated heterocycles. The van der Waals surface area contributed by atoms with Crippen molar-refractivity contribution in [2.75, 3.05) is 7.05 Å². The molecule has 1 aromatic rings. The Balaban J connectivity index is 2.84. The lowest BCUT2D eigenvalue weighted by Gasteiger charge is -2.19. The highest BCUT2D eigenvalue weighted by atomic mass is 79.9. The molecule has 2 N–H and O–H groups in total. The zero-order chi connectivity index (χ0) is 15.3. The van der Waals surface area contributed by atoms with Gasteiger partial charge in [-0.1, -0.05) is 13.8 Å². The topological polar surface area (TPSA) is 58.2 Å². The predicted octanol–water partition coefficient (Wildman–Crippen LogP) is 2.48. The fourth-order valence-corrected chi connectivity index (χ4v) is 2.00. The van der Waals surface area contributed by atoms with E-state index in [9.17, 15) is 14.0 Å². The first-order valence-corrected chi connectivity index (χ1v) is 7.12. The van der Waals surface area contributed by atoms with E-state index in [0.29, 0.717) is 10.9 Å². The van der Waals surface area contributed by atoms with E-state index >= 15 is 0 Å². The number of hydrogen-bond acceptors (Lipinski definition) is 2. The number of likely N-dealkylation sites (N-methyl/N-ethyl adjacent to an activating group) is 1. The van der Waals surface area contributed by atoms with Crippen molar-refractivity contribution in [2.45, 2.75) is 26.3 Å². The maximum Gasteiger partial charge on any atom is 0.252 e. The van der Waals surface area contributed by atoms with Crippen molar-refractivity contribution >= 4 is 27.7 Å². The highest BCUT2D eigenvalue weighted by Gasteiger charge is 2.21. The Bertz CT molecular complexity index is 506. The number of carbonyl (C=O) groups is 2. The second kappa shape index (κ2) is 7.38. The van der Waals surface area contributed by atoms with Gasteiger partial charge >= 0.3 is 0 Å². The largest absolute Gasteiger partial charge is 0.357 e. The molecule has 0 aliphatic rings. The molecule has 0 aliphatic heterocycles. The summed E-state index contributed by atoms with van der Waals surface area (Å²) >= 11 is 3.03. The Morgan fingerprint density at radius 2 is 2.00 bits per heavy atom. The Kier molecular flexibility index (Phi) is 6.13. The van der Waals surface area contributed by atoms with Crippen molar-refractivity contribution in [2.24, 2.45) is 5.92 Å². The van der Waals surface area contributed by atoms with Gasteiger partial charge in [-0.2, -0.15) is 0 Å². The zero-order valence-electron chi connectivity index (χ0n) is 11.7. The first-order valence-electron chi connectivity index (χ1n) is 6.32. The fourth-order valence-electron chi connectivity index (χ4n) is 1.76. The monoisotopic (exact) mass is 344 g/mol. The minimum Gasteiger partial charge on any atom is -0.357 e. The molecule has 0 fully saturated rings. The van der Waals surface area contributed by atoms with Crippen molar-refractivity contribution in [3.8, 4) is 0 Å². The van der Waals surface area contributed by atoms with Gasteiger partial charge in [-0.3, -0.25) is 9.59 Å². The molecule has 2 amide bonds. The third kappa shape index (κ3) is 4.59. The number of benzene rings is 1. The first kappa shape index (κ1) is 16.6. The van der Waals surface area contributed by atoms with Crippen LogP contribution in [0.5, 0.6) is 0 Å². The summed E-state index contributed by atoms with van der Waals surface area (Å²) in [5, 5.41) is 5.14. The van der Waals surface area contributed by atoms with Crippen LogP contribution in [0.4, 0.5) is 4.39 Å². The van der Waals surface area contributed by atoms with E-state index in [0.717, 1.165) is 6.07 Å². The van der Waals surface area contributed by atoms with Gasteiger partial charge in [0.1, 0.15) is 11.9 Å². The van der Waals surface area contributed by atoms with Gasteiger partial charge in [-0.05, 0) is 46.5 Å². The molecular formula is C14H18BrFN2O2. The Labute approximate surface area is 126 Å². The van der Waals surface area contributed by atoms with Crippen LogP contribution in [0.15, 0.2) is 22.7 Å². The molecule has 0 spiro atoms. The van der Waals surface area contributed by atoms with Crippen LogP contribution >= 0.6 is 15.9 Å². The normalized spacial score (nSPS) is 12.1. The lowest BCUT2D eigenvalue weighted by Crippen LogP contribution is -2.46. The van der Waals surface area contributed by atoms with Gasteiger partial charge in [-0.15, -0.1) is 0 Å². The SMILES string of the molecule is CNC(=O)C(CC(C)C)NC(=O)c1ccc(Br)c(F)c1. The molecule has 1 rings (SSSR count). The van der Waals surface area contributed by atoms with Gasteiger partial charge in [0.05, 0.1) is 4.47 Å². The number of rotatable bonds is 5. The van der Waals surface area contributed by atoms with Gasteiger partial charge in [-0.25, -0.2) is 4.39 Å². The van der Waals surface area contributed by atoms with Crippen LogP contribution in [-0.2, 0) is 4.79 Å². The van der Waals surface area contributed by atoms with E-state index < -0.39 is 17.8 Å². The standard InChI is InChI=1S/C14H18BrFN2O2/c1-8(2)6-12(14(20)17-3)18-13(19)9-4-5-10(15)11(16)7-9/h4-5,7-8,12H,6H2,1-3H3,(H,17,20)(H,18,19). The molecule has 0 aromatic heterocycles. The summed E-state index contributed by atoms with van der Waals surface area (Å²) in [7, 11) is 1.51. The molecule has 0 radical (unpaired) electrons. The lowest BCUT2D eigenvalue weighted by molar-refractivity contribution is -0.122. The molecule has 4 nitrogen and oxygen atoms in total. The van der Waals surface area contributed by atoms with Gasteiger partial charge < -0.3 is 10.6 Å². The quantitative estimate of drug-likeness (QED) is 0.861. The van der Waals surface area contributed by atoms with Crippen LogP contribution in [-0.4, -0.2) is 24.9 Å². The smallest absolute Gasteiger partial charge is 0.252 e. The van der Waals surface area contributed by atoms with Gasteiger partial charge in [0.15, 0.2) is 0 Å². The van der Waals surface area contributed by atoms with E-state index in [2.05, 4.69) is 26.6 Å². The van der Waals surface area contributed by atoms with Crippen molar-refractivity contribution in [1.82, 2.24) is 10.6 Å². The molecule has 0 heterocycles. The molecule has 0 aliphatic carbocycles. The summed E-state index contributed by atoms with van der Waals surface area (Å²) < 4.78 is 13.7. The van der Waals surface area contributed by atoms with Crippen LogP contribution in [0.1, 0.15) is 30.6 Å². The van der Waals surface area contributed by atoms with E-state index in [-0.39, 0.29) is 17.4 Å². The lowest BCUT2D eigenvalue weighted by atomic mass is 10.0. The minimum absolute atomic E-state index is 0.184. The molecule has 0 bridgehead atoms. The molecule has 1 atom stereocenters. The highest BCUT2D eigenvalue weighted by Crippen LogP contribution is 2.16. The molecule has 6 heteroatoms. The minimum atomic E-state index is -0.626. The van der Waals surface area contributed by atoms with Crippen LogP contribution in [0.2, 0.25) is 0 Å². The first-order chi connectivity index (χ1) is 9.35. The Morgan fingerprint density at radius 1 is 1.35 bits per heavy atom. The summed E-state index contributed by atoms with van der Waals surface area (Å²) in [6.07, 6.45) is 0.518. The zero-order valence-corrected chi connectivity index (χ0v) is 13.3. The van der Waals surface area contributed by atoms with Crippen LogP contribution in [0, 0.1) is 11.7 Å². The second-order valence-electron chi connectivity index (χ2n) is 4.90. The summed E-state index contributed by atoms with van der Waals surface area (Å²) in [6.45, 7) is 3.92. The highest BCUT2D eigenvalue weighted by molar-refractivity contribution is 9.10. The molecule has 1 aromatic carbocycles. The van der Waals surface area contributed by atoms with Crippen LogP contribution in [0.3, 0.4) is 0 Å². The molecular weight excluding hydrogens is 327 g/mol. The maximum absolute atomic E-state index is 13.4. The van der Waals surface area contributed by atoms with E-state index in [1.807, 2.05) is 13.8 Å². The van der Waals surface area contributed by atoms with E-state index in [4.69, 9.17) is 0 Å². The number of carbonyl (C=O) groups excluding carboxylic acids is 2. The van der Waals surface area contributed by atoms with E-state index in [1.165, 1.54) is 19.2 Å². The average Bonchev–Trinajstić information content (AvgIpc) is 2.39. The third-order valence-electron chi connectivity index (χ3n) is 2.76. The number of halogens is 2. The predicted molar refractivity (Wildman–Crippen MR) is 78.9 cm³/mol. The Morgan fingerprint density at radius 3 is 2.50 bits per heavy atom. The van der Waals surface area contributed by atoms with Gasteiger partial charge in [0.25, 0.3) is 5.91 Å². The average molecular weight is 345 g/mol. The second-order valence-corrected chi connectivity index (χ2v) is 5.75. The fraction of sp³-hybridized carbons (Fsp3) is 0.429. The maximum atomic E-state index is 13.4. The van der Waals surface area contributed by atoms with Crippen LogP contribution in [0.25, 0.3) is 0 Å². The van der Waals surface area contributed by atoms with E-state index in [1.54, 1.807) is 0 Å². The van der Waals surface area contributed by atoms with Gasteiger partial charge in [0, 0.05) is 12.6 Å². The van der Waals surface area contributed by atoms with Crippen LogP contribution < -0.4 is 10.6 Å². The number of nitrogens with one attached hydrogen (secondary N) is 2. The molecule has 110 valence electrons. The summed E-state index contributed by atoms with van der Waals surface area (Å²) in [6, 6.07) is 3.47. The van der Waals surface area contributed by atoms with Crippen molar-refractivity contribution < 1.29 is 14.0 Å². The summed E-state index contributed by atoms with van der Waals surface area (Å²) in [5.74, 6) is -0.993. The molecule has 0 saturated carbocycles. The Hall–Kier alpha value is -1.43. The number of hydrogen-bond donors (Lipinski definition) is 2. The molecule has 1 unspecified atom stereocenters. The van der Waals surface area contributed by atoms with Gasteiger partial charge in [0.2, 0.25) is 5.91 Å². The summed E-state index contributed by atoms with van der Waals surface area (Å²) in [4.78, 5) is 23.8. The van der Waals surface area contributed by atoms with Crippen molar-refractivity contribution in [3.05, 3.63) is 34.1 Å². The number of amides is 2. The summed E-state index contributed by atoms with van der Waals surface area (Å²) in [5.41, 5.74) is 0.184.